The molecule has 2 heterocycles. The van der Waals surface area contributed by atoms with Crippen LogP contribution in [0.25, 0.3) is 33.4 Å². The smallest absolute Gasteiger partial charge is 0.253 e. The van der Waals surface area contributed by atoms with Gasteiger partial charge in [0, 0.05) is 80.2 Å². The summed E-state index contributed by atoms with van der Waals surface area (Å²) in [5, 5.41) is 19.3. The average molecular weight is 702 g/mol. The van der Waals surface area contributed by atoms with Gasteiger partial charge >= 0.3 is 0 Å². The van der Waals surface area contributed by atoms with E-state index in [4.69, 9.17) is 4.42 Å². The van der Waals surface area contributed by atoms with Crippen LogP contribution in [0.4, 0.5) is 17.1 Å². The monoisotopic (exact) mass is 701 g/mol. The largest absolute Gasteiger partial charge is 0.508 e. The Labute approximate surface area is 295 Å². The van der Waals surface area contributed by atoms with Crippen LogP contribution in [0.1, 0.15) is 15.9 Å². The van der Waals surface area contributed by atoms with Gasteiger partial charge in [0.15, 0.2) is 5.43 Å². The van der Waals surface area contributed by atoms with E-state index < -0.39 is 10.0 Å². The summed E-state index contributed by atoms with van der Waals surface area (Å²) < 4.78 is 34.3. The number of hydrogen-bond donors (Lipinski definition) is 1. The first kappa shape index (κ1) is 33.6. The second-order valence-electron chi connectivity index (χ2n) is 12.6. The van der Waals surface area contributed by atoms with E-state index in [0.717, 1.165) is 33.3 Å². The van der Waals surface area contributed by atoms with E-state index in [-0.39, 0.29) is 48.2 Å². The molecule has 51 heavy (non-hydrogen) atoms. The fourth-order valence-electron chi connectivity index (χ4n) is 6.31. The predicted molar refractivity (Wildman–Crippen MR) is 197 cm³/mol. The second-order valence-corrected chi connectivity index (χ2v) is 14.6. The van der Waals surface area contributed by atoms with Crippen LogP contribution in [0.2, 0.25) is 0 Å². The molecular formula is C39H35N5O6S. The molecule has 2 aliphatic heterocycles. The number of piperazine rings is 1. The number of phenols is 1. The number of amides is 1. The molecule has 0 aromatic heterocycles. The fraction of sp³-hybridized carbons (Fsp3) is 0.179. The molecule has 1 aliphatic carbocycles. The minimum Gasteiger partial charge on any atom is -0.508 e. The number of fused-ring (bicyclic) bond motifs is 2. The van der Waals surface area contributed by atoms with Crippen LogP contribution in [0.15, 0.2) is 127 Å². The van der Waals surface area contributed by atoms with Gasteiger partial charge in [-0.2, -0.15) is 14.5 Å². The molecule has 11 nitrogen and oxygen atoms in total. The summed E-state index contributed by atoms with van der Waals surface area (Å²) >= 11 is 0. The van der Waals surface area contributed by atoms with Crippen LogP contribution in [0, 0.1) is 6.92 Å². The first-order valence-corrected chi connectivity index (χ1v) is 17.8. The molecule has 4 aromatic carbocycles. The van der Waals surface area contributed by atoms with Crippen LogP contribution in [-0.2, 0) is 10.0 Å². The molecule has 0 spiro atoms. The normalized spacial score (nSPS) is 14.1. The lowest BCUT2D eigenvalue weighted by molar-refractivity contribution is 0.0698. The first-order valence-electron chi connectivity index (χ1n) is 16.4. The number of hydrogen-bond acceptors (Lipinski definition) is 9. The van der Waals surface area contributed by atoms with Crippen molar-refractivity contribution in [2.24, 2.45) is 10.2 Å². The molecule has 3 aliphatic rings. The third-order valence-electron chi connectivity index (χ3n) is 9.07. The molecule has 7 rings (SSSR count). The summed E-state index contributed by atoms with van der Waals surface area (Å²) in [6.45, 7) is 2.73. The topological polar surface area (TPSA) is 136 Å². The molecule has 1 N–H and O–H groups in total. The number of carbonyl (C=O) groups excluding carboxylic acids is 1. The van der Waals surface area contributed by atoms with Gasteiger partial charge in [0.2, 0.25) is 10.0 Å². The van der Waals surface area contributed by atoms with Crippen molar-refractivity contribution in [1.29, 1.82) is 0 Å². The number of carbonyl (C=O) groups is 1. The van der Waals surface area contributed by atoms with Gasteiger partial charge in [-0.05, 0) is 103 Å². The second kappa shape index (κ2) is 13.5. The van der Waals surface area contributed by atoms with E-state index in [1.54, 1.807) is 41.3 Å². The fourth-order valence-corrected chi connectivity index (χ4v) is 7.73. The number of sulfonamides is 1. The van der Waals surface area contributed by atoms with Crippen molar-refractivity contribution in [1.82, 2.24) is 9.21 Å². The van der Waals surface area contributed by atoms with Gasteiger partial charge in [-0.25, -0.2) is 8.42 Å². The molecule has 0 saturated carbocycles. The van der Waals surface area contributed by atoms with Crippen LogP contribution in [-0.4, -0.2) is 68.9 Å². The molecule has 0 atom stereocenters. The minimum absolute atomic E-state index is 0.0409. The number of phenolic OH excluding ortho intramolecular Hbond substituents is 1. The lowest BCUT2D eigenvalue weighted by Gasteiger charge is -2.34. The number of benzene rings is 5. The number of anilines is 1. The third kappa shape index (κ3) is 6.71. The van der Waals surface area contributed by atoms with Crippen molar-refractivity contribution in [3.8, 4) is 28.2 Å². The Hall–Kier alpha value is -5.85. The molecule has 1 saturated heterocycles. The molecule has 12 heteroatoms. The van der Waals surface area contributed by atoms with Gasteiger partial charge in [-0.3, -0.25) is 9.59 Å². The maximum Gasteiger partial charge on any atom is 0.253 e. The Morgan fingerprint density at radius 2 is 1.43 bits per heavy atom. The Balaban J connectivity index is 1.04. The van der Waals surface area contributed by atoms with Gasteiger partial charge in [-0.1, -0.05) is 6.07 Å². The van der Waals surface area contributed by atoms with E-state index in [9.17, 15) is 23.1 Å². The lowest BCUT2D eigenvalue weighted by atomic mass is 9.90. The quantitative estimate of drug-likeness (QED) is 0.137. The highest BCUT2D eigenvalue weighted by atomic mass is 32.2. The van der Waals surface area contributed by atoms with Crippen molar-refractivity contribution in [2.75, 3.05) is 45.2 Å². The van der Waals surface area contributed by atoms with E-state index in [2.05, 4.69) is 10.2 Å². The summed E-state index contributed by atoms with van der Waals surface area (Å²) in [5.41, 5.74) is 6.23. The highest BCUT2D eigenvalue weighted by molar-refractivity contribution is 7.89. The molecule has 1 amide bonds. The minimum atomic E-state index is -3.78. The van der Waals surface area contributed by atoms with Crippen molar-refractivity contribution < 1.29 is 22.7 Å². The van der Waals surface area contributed by atoms with Crippen molar-refractivity contribution in [3.05, 3.63) is 124 Å². The Bertz CT molecular complexity index is 2430. The van der Waals surface area contributed by atoms with Gasteiger partial charge < -0.3 is 19.3 Å². The van der Waals surface area contributed by atoms with E-state index >= 15 is 0 Å². The molecule has 0 unspecified atom stereocenters. The maximum absolute atomic E-state index is 13.6. The Kier molecular flexibility index (Phi) is 8.88. The van der Waals surface area contributed by atoms with E-state index in [1.807, 2.05) is 62.3 Å². The predicted octanol–water partition coefficient (Wildman–Crippen LogP) is 7.21. The van der Waals surface area contributed by atoms with Gasteiger partial charge in [0.05, 0.1) is 16.3 Å². The van der Waals surface area contributed by atoms with Crippen molar-refractivity contribution in [2.45, 2.75) is 11.8 Å². The maximum atomic E-state index is 13.6. The van der Waals surface area contributed by atoms with Crippen molar-refractivity contribution in [3.63, 3.8) is 0 Å². The van der Waals surface area contributed by atoms with Gasteiger partial charge in [0.25, 0.3) is 5.91 Å². The lowest BCUT2D eigenvalue weighted by Crippen LogP contribution is -2.50. The summed E-state index contributed by atoms with van der Waals surface area (Å²) in [4.78, 5) is 29.6. The van der Waals surface area contributed by atoms with E-state index in [0.29, 0.717) is 28.3 Å². The average Bonchev–Trinajstić information content (AvgIpc) is 3.13. The molecular weight excluding hydrogens is 667 g/mol. The zero-order valence-electron chi connectivity index (χ0n) is 28.3. The first-order chi connectivity index (χ1) is 24.5. The number of nitrogens with zero attached hydrogens (tertiary/aromatic N) is 5. The SMILES string of the molecule is Cc1cc(C(=O)N2CCN(S(=O)(=O)c3ccc(N=Nc4ccc(N(C)C)cc4)cc3)CC2)ccc1-c1c2ccc(=O)cc-2oc2cc(O)ccc12. The zero-order chi connectivity index (χ0) is 35.9. The molecule has 0 bridgehead atoms. The Morgan fingerprint density at radius 3 is 2.08 bits per heavy atom. The highest BCUT2D eigenvalue weighted by Gasteiger charge is 2.31. The van der Waals surface area contributed by atoms with Gasteiger partial charge in [-0.15, -0.1) is 0 Å². The van der Waals surface area contributed by atoms with E-state index in [1.165, 1.54) is 34.6 Å². The molecule has 1 fully saturated rings. The summed E-state index contributed by atoms with van der Waals surface area (Å²) in [6.07, 6.45) is 0. The highest BCUT2D eigenvalue weighted by Crippen LogP contribution is 2.42. The van der Waals surface area contributed by atoms with Crippen molar-refractivity contribution >= 4 is 44.0 Å². The third-order valence-corrected chi connectivity index (χ3v) is 11.0. The number of aryl methyl sites for hydroxylation is 1. The van der Waals surface area contributed by atoms with Crippen LogP contribution in [0.3, 0.4) is 0 Å². The number of azo groups is 1. The summed E-state index contributed by atoms with van der Waals surface area (Å²) in [7, 11) is 0.139. The number of rotatable bonds is 7. The van der Waals surface area contributed by atoms with Gasteiger partial charge in [0.1, 0.15) is 17.1 Å². The molecule has 258 valence electrons. The zero-order valence-corrected chi connectivity index (χ0v) is 29.1. The Morgan fingerprint density at radius 1 is 0.784 bits per heavy atom. The molecule has 4 aromatic rings. The van der Waals surface area contributed by atoms with Crippen LogP contribution < -0.4 is 10.3 Å². The standard InChI is InChI=1S/C39H35N5O6S/c1-25-22-26(4-15-33(25)38-34-16-11-30(45)23-36(34)50-37-24-31(46)12-17-35(37)38)39(47)43-18-20-44(21-19-43)51(48,49)32-13-7-28(8-14-32)41-40-27-5-9-29(10-6-27)42(2)3/h4-17,22-24,45H,18-21H2,1-3H3. The summed E-state index contributed by atoms with van der Waals surface area (Å²) in [6, 6.07) is 28.9. The number of aromatic hydroxyl groups is 1. The van der Waals surface area contributed by atoms with Crippen LogP contribution in [0.5, 0.6) is 5.75 Å². The molecule has 0 radical (unpaired) electrons. The van der Waals surface area contributed by atoms with Crippen LogP contribution >= 0.6 is 0 Å². The summed E-state index contributed by atoms with van der Waals surface area (Å²) in [5.74, 6) is 0.247.